The highest BCUT2D eigenvalue weighted by Gasteiger charge is 2.40. The number of rotatable bonds is 4. The van der Waals surface area contributed by atoms with Gasteiger partial charge in [0, 0.05) is 10.6 Å². The van der Waals surface area contributed by atoms with Crippen LogP contribution in [0, 0.1) is 0 Å². The van der Waals surface area contributed by atoms with Gasteiger partial charge in [0.05, 0.1) is 0 Å². The van der Waals surface area contributed by atoms with E-state index in [1.807, 2.05) is 18.4 Å². The molecule has 0 bridgehead atoms. The minimum Gasteiger partial charge on any atom is -0.480 e. The zero-order valence-electron chi connectivity index (χ0n) is 12.0. The molecule has 0 saturated heterocycles. The third kappa shape index (κ3) is 3.91. The Labute approximate surface area is 128 Å². The number of aliphatic carboxylic acids is 1. The largest absolute Gasteiger partial charge is 0.480 e. The molecule has 1 aromatic carbocycles. The molecule has 1 aliphatic rings. The number of carbonyl (C=O) groups is 2. The maximum Gasteiger partial charge on any atom is 0.329 e. The Bertz CT molecular complexity index is 510. The minimum atomic E-state index is -1.12. The number of urea groups is 1. The molecule has 1 fully saturated rings. The summed E-state index contributed by atoms with van der Waals surface area (Å²) in [5.41, 5.74) is -0.469. The van der Waals surface area contributed by atoms with Crippen LogP contribution in [0.1, 0.15) is 32.1 Å². The van der Waals surface area contributed by atoms with Crippen molar-refractivity contribution in [3.8, 4) is 0 Å². The molecule has 0 aromatic heterocycles. The van der Waals surface area contributed by atoms with E-state index < -0.39 is 17.5 Å². The Morgan fingerprint density at radius 3 is 2.29 bits per heavy atom. The van der Waals surface area contributed by atoms with Gasteiger partial charge in [0.2, 0.25) is 0 Å². The lowest BCUT2D eigenvalue weighted by Gasteiger charge is -2.33. The highest BCUT2D eigenvalue weighted by molar-refractivity contribution is 7.98. The van der Waals surface area contributed by atoms with Crippen molar-refractivity contribution in [2.24, 2.45) is 0 Å². The fourth-order valence-corrected chi connectivity index (χ4v) is 3.01. The second-order valence-electron chi connectivity index (χ2n) is 5.26. The molecule has 114 valence electrons. The third-order valence-corrected chi connectivity index (χ3v) is 4.56. The molecular formula is C15H20N2O3S. The zero-order valence-corrected chi connectivity index (χ0v) is 12.8. The van der Waals surface area contributed by atoms with E-state index >= 15 is 0 Å². The van der Waals surface area contributed by atoms with Crippen LogP contribution in [0.15, 0.2) is 29.2 Å². The van der Waals surface area contributed by atoms with E-state index in [1.165, 1.54) is 0 Å². The highest BCUT2D eigenvalue weighted by atomic mass is 32.2. The van der Waals surface area contributed by atoms with Crippen molar-refractivity contribution in [1.29, 1.82) is 0 Å². The second-order valence-corrected chi connectivity index (χ2v) is 6.14. The number of carboxylic acid groups (broad SMARTS) is 1. The summed E-state index contributed by atoms with van der Waals surface area (Å²) in [6.45, 7) is 0. The van der Waals surface area contributed by atoms with Gasteiger partial charge in [-0.15, -0.1) is 11.8 Å². The van der Waals surface area contributed by atoms with E-state index in [1.54, 1.807) is 23.9 Å². The second kappa shape index (κ2) is 6.85. The van der Waals surface area contributed by atoms with Crippen molar-refractivity contribution < 1.29 is 14.7 Å². The molecular weight excluding hydrogens is 288 g/mol. The summed E-state index contributed by atoms with van der Waals surface area (Å²) in [5, 5.41) is 14.8. The van der Waals surface area contributed by atoms with Gasteiger partial charge in [0.1, 0.15) is 5.54 Å². The lowest BCUT2D eigenvalue weighted by Crippen LogP contribution is -2.56. The van der Waals surface area contributed by atoms with Gasteiger partial charge in [0.15, 0.2) is 0 Å². The summed E-state index contributed by atoms with van der Waals surface area (Å²) in [6, 6.07) is 6.97. The fraction of sp³-hybridized carbons (Fsp3) is 0.467. The maximum absolute atomic E-state index is 12.1. The molecule has 3 N–H and O–H groups in total. The molecule has 0 aliphatic heterocycles. The van der Waals surface area contributed by atoms with Crippen molar-refractivity contribution in [3.05, 3.63) is 24.3 Å². The van der Waals surface area contributed by atoms with Crippen LogP contribution < -0.4 is 10.6 Å². The van der Waals surface area contributed by atoms with E-state index in [0.717, 1.165) is 24.2 Å². The molecule has 0 spiro atoms. The smallest absolute Gasteiger partial charge is 0.329 e. The lowest BCUT2D eigenvalue weighted by molar-refractivity contribution is -0.145. The van der Waals surface area contributed by atoms with Gasteiger partial charge in [0.25, 0.3) is 0 Å². The highest BCUT2D eigenvalue weighted by Crippen LogP contribution is 2.28. The van der Waals surface area contributed by atoms with E-state index in [-0.39, 0.29) is 0 Å². The molecule has 0 radical (unpaired) electrons. The molecule has 1 saturated carbocycles. The van der Waals surface area contributed by atoms with Crippen molar-refractivity contribution in [3.63, 3.8) is 0 Å². The summed E-state index contributed by atoms with van der Waals surface area (Å²) in [6.07, 6.45) is 5.63. The molecule has 0 atom stereocenters. The average molecular weight is 308 g/mol. The van der Waals surface area contributed by atoms with Crippen LogP contribution in [-0.2, 0) is 4.79 Å². The van der Waals surface area contributed by atoms with Crippen LogP contribution in [0.3, 0.4) is 0 Å². The standard InChI is InChI=1S/C15H20N2O3S/c1-21-12-7-5-11(6-8-12)16-14(20)17-15(13(18)19)9-3-2-4-10-15/h5-8H,2-4,9-10H2,1H3,(H,18,19)(H2,16,17,20). The van der Waals surface area contributed by atoms with Crippen LogP contribution in [0.25, 0.3) is 0 Å². The van der Waals surface area contributed by atoms with Crippen LogP contribution in [-0.4, -0.2) is 28.9 Å². The molecule has 0 unspecified atom stereocenters. The molecule has 2 amide bonds. The van der Waals surface area contributed by atoms with Gasteiger partial charge < -0.3 is 15.7 Å². The predicted octanol–water partition coefficient (Wildman–Crippen LogP) is 3.32. The van der Waals surface area contributed by atoms with E-state index in [9.17, 15) is 14.7 Å². The number of hydrogen-bond donors (Lipinski definition) is 3. The molecule has 2 rings (SSSR count). The molecule has 5 nitrogen and oxygen atoms in total. The molecule has 1 aliphatic carbocycles. The monoisotopic (exact) mass is 308 g/mol. The normalized spacial score (nSPS) is 17.0. The lowest BCUT2D eigenvalue weighted by atomic mass is 9.82. The summed E-state index contributed by atoms with van der Waals surface area (Å²) in [7, 11) is 0. The topological polar surface area (TPSA) is 78.4 Å². The van der Waals surface area contributed by atoms with E-state index in [2.05, 4.69) is 10.6 Å². The minimum absolute atomic E-state index is 0.462. The van der Waals surface area contributed by atoms with Crippen molar-refractivity contribution in [2.75, 3.05) is 11.6 Å². The maximum atomic E-state index is 12.1. The van der Waals surface area contributed by atoms with Crippen LogP contribution in [0.5, 0.6) is 0 Å². The number of carboxylic acids is 1. The number of amides is 2. The van der Waals surface area contributed by atoms with Crippen molar-refractivity contribution in [2.45, 2.75) is 42.5 Å². The summed E-state index contributed by atoms with van der Waals surface area (Å²) < 4.78 is 0. The van der Waals surface area contributed by atoms with Gasteiger partial charge in [-0.25, -0.2) is 9.59 Å². The Kier molecular flexibility index (Phi) is 5.12. The first-order valence-corrected chi connectivity index (χ1v) is 8.25. The van der Waals surface area contributed by atoms with Gasteiger partial charge in [-0.2, -0.15) is 0 Å². The summed E-state index contributed by atoms with van der Waals surface area (Å²) >= 11 is 1.62. The Morgan fingerprint density at radius 1 is 1.14 bits per heavy atom. The first kappa shape index (κ1) is 15.7. The van der Waals surface area contributed by atoms with Crippen LogP contribution >= 0.6 is 11.8 Å². The van der Waals surface area contributed by atoms with Gasteiger partial charge in [-0.3, -0.25) is 0 Å². The Hall–Kier alpha value is -1.69. The number of hydrogen-bond acceptors (Lipinski definition) is 3. The fourth-order valence-electron chi connectivity index (χ4n) is 2.60. The molecule has 1 aromatic rings. The number of carbonyl (C=O) groups excluding carboxylic acids is 1. The quantitative estimate of drug-likeness (QED) is 0.746. The summed E-state index contributed by atoms with van der Waals surface area (Å²) in [5.74, 6) is -0.949. The van der Waals surface area contributed by atoms with E-state index in [0.29, 0.717) is 18.5 Å². The molecule has 21 heavy (non-hydrogen) atoms. The number of nitrogens with one attached hydrogen (secondary N) is 2. The van der Waals surface area contributed by atoms with Crippen LogP contribution in [0.4, 0.5) is 10.5 Å². The SMILES string of the molecule is CSc1ccc(NC(=O)NC2(C(=O)O)CCCCC2)cc1. The first-order valence-electron chi connectivity index (χ1n) is 7.02. The van der Waals surface area contributed by atoms with Gasteiger partial charge in [-0.1, -0.05) is 19.3 Å². The molecule has 0 heterocycles. The van der Waals surface area contributed by atoms with Crippen LogP contribution in [0.2, 0.25) is 0 Å². The number of anilines is 1. The van der Waals surface area contributed by atoms with Crippen molar-refractivity contribution >= 4 is 29.4 Å². The number of thioether (sulfide) groups is 1. The summed E-state index contributed by atoms with van der Waals surface area (Å²) in [4.78, 5) is 24.7. The third-order valence-electron chi connectivity index (χ3n) is 3.82. The van der Waals surface area contributed by atoms with Gasteiger partial charge in [-0.05, 0) is 43.4 Å². The first-order chi connectivity index (χ1) is 10.1. The van der Waals surface area contributed by atoms with Gasteiger partial charge >= 0.3 is 12.0 Å². The zero-order chi connectivity index (χ0) is 15.3. The number of benzene rings is 1. The molecule has 6 heteroatoms. The predicted molar refractivity (Wildman–Crippen MR) is 83.8 cm³/mol. The average Bonchev–Trinajstić information content (AvgIpc) is 2.48. The Morgan fingerprint density at radius 2 is 1.76 bits per heavy atom. The Balaban J connectivity index is 2.00. The van der Waals surface area contributed by atoms with Crippen molar-refractivity contribution in [1.82, 2.24) is 5.32 Å². The van der Waals surface area contributed by atoms with E-state index in [4.69, 9.17) is 0 Å².